The van der Waals surface area contributed by atoms with E-state index in [9.17, 15) is 15.2 Å². The largest absolute Gasteiger partial charge is 0.494 e. The van der Waals surface area contributed by atoms with Gasteiger partial charge in [-0.15, -0.1) is 0 Å². The second-order valence-electron chi connectivity index (χ2n) is 6.25. The van der Waals surface area contributed by atoms with Crippen molar-refractivity contribution in [3.63, 3.8) is 0 Å². The number of aromatic nitrogens is 1. The van der Waals surface area contributed by atoms with Crippen LogP contribution in [0.25, 0.3) is 0 Å². The highest BCUT2D eigenvalue weighted by molar-refractivity contribution is 9.10. The minimum atomic E-state index is -0.494. The maximum absolute atomic E-state index is 12.7. The van der Waals surface area contributed by atoms with Crippen molar-refractivity contribution in [2.24, 2.45) is 4.99 Å². The van der Waals surface area contributed by atoms with E-state index in [0.717, 1.165) is 10.0 Å². The van der Waals surface area contributed by atoms with Gasteiger partial charge in [-0.25, -0.2) is 0 Å². The predicted octanol–water partition coefficient (Wildman–Crippen LogP) is 4.49. The Morgan fingerprint density at radius 3 is 2.54 bits per heavy atom. The lowest BCUT2D eigenvalue weighted by atomic mass is 10.1. The third kappa shape index (κ3) is 4.05. The molecular weight excluding hydrogens is 418 g/mol. The first kappa shape index (κ1) is 19.6. The molecule has 2 aromatic carbocycles. The van der Waals surface area contributed by atoms with Gasteiger partial charge in [-0.1, -0.05) is 42.5 Å². The molecule has 3 rings (SSSR count). The topological polar surface area (TPSA) is 78.4 Å². The Hall–Kier alpha value is -3.17. The van der Waals surface area contributed by atoms with E-state index in [1.165, 1.54) is 10.8 Å². The average Bonchev–Trinajstić information content (AvgIpc) is 2.70. The summed E-state index contributed by atoms with van der Waals surface area (Å²) in [5.74, 6) is -0.187. The van der Waals surface area contributed by atoms with Crippen LogP contribution < -0.4 is 5.56 Å². The summed E-state index contributed by atoms with van der Waals surface area (Å²) >= 11 is 3.43. The summed E-state index contributed by atoms with van der Waals surface area (Å²) in [7, 11) is 0. The summed E-state index contributed by atoms with van der Waals surface area (Å²) in [6.07, 6.45) is 2.05. The zero-order chi connectivity index (χ0) is 20.1. The van der Waals surface area contributed by atoms with E-state index in [2.05, 4.69) is 20.9 Å². The van der Waals surface area contributed by atoms with Crippen molar-refractivity contribution in [3.05, 3.63) is 91.7 Å². The first-order valence-corrected chi connectivity index (χ1v) is 9.51. The number of nitriles is 1. The number of aryl methyl sites for hydroxylation is 1. The van der Waals surface area contributed by atoms with Crippen LogP contribution >= 0.6 is 15.9 Å². The monoisotopic (exact) mass is 435 g/mol. The normalized spacial score (nSPS) is 10.9. The first-order valence-electron chi connectivity index (χ1n) is 8.72. The lowest BCUT2D eigenvalue weighted by molar-refractivity contribution is 0.404. The fraction of sp³-hybridized carbons (Fsp3) is 0.136. The van der Waals surface area contributed by atoms with Crippen LogP contribution in [0, 0.1) is 18.3 Å². The zero-order valence-electron chi connectivity index (χ0n) is 15.3. The molecule has 0 bridgehead atoms. The quantitative estimate of drug-likeness (QED) is 0.599. The number of halogens is 1. The number of rotatable bonds is 5. The fourth-order valence-electron chi connectivity index (χ4n) is 2.91. The Bertz CT molecular complexity index is 1130. The number of aliphatic imine (C=N–C) groups is 1. The van der Waals surface area contributed by atoms with Gasteiger partial charge < -0.3 is 5.11 Å². The number of hydrogen-bond donors (Lipinski definition) is 1. The minimum absolute atomic E-state index is 0.0134. The van der Waals surface area contributed by atoms with Gasteiger partial charge in [0.05, 0.1) is 11.3 Å². The van der Waals surface area contributed by atoms with Crippen LogP contribution in [0.3, 0.4) is 0 Å². The molecule has 0 aliphatic carbocycles. The van der Waals surface area contributed by atoms with Gasteiger partial charge in [0.2, 0.25) is 5.88 Å². The molecular formula is C22H18BrN3O2. The molecule has 0 saturated carbocycles. The summed E-state index contributed by atoms with van der Waals surface area (Å²) in [6.45, 7) is 1.90. The van der Waals surface area contributed by atoms with E-state index in [4.69, 9.17) is 0 Å². The second kappa shape index (κ2) is 8.68. The Morgan fingerprint density at radius 1 is 1.18 bits per heavy atom. The molecule has 3 aromatic rings. The summed E-state index contributed by atoms with van der Waals surface area (Å²) < 4.78 is 2.04. The van der Waals surface area contributed by atoms with E-state index in [1.54, 1.807) is 6.92 Å². The summed E-state index contributed by atoms with van der Waals surface area (Å²) in [5.41, 5.74) is 2.01. The molecule has 0 radical (unpaired) electrons. The highest BCUT2D eigenvalue weighted by Gasteiger charge is 2.18. The molecule has 0 unspecified atom stereocenters. The van der Waals surface area contributed by atoms with Gasteiger partial charge in [0.15, 0.2) is 0 Å². The summed E-state index contributed by atoms with van der Waals surface area (Å²) in [4.78, 5) is 17.1. The van der Waals surface area contributed by atoms with Gasteiger partial charge in [0.25, 0.3) is 5.56 Å². The van der Waals surface area contributed by atoms with Crippen LogP contribution in [0.15, 0.2) is 68.9 Å². The molecule has 5 nitrogen and oxygen atoms in total. The Morgan fingerprint density at radius 2 is 1.86 bits per heavy atom. The lowest BCUT2D eigenvalue weighted by Crippen LogP contribution is -2.26. The summed E-state index contributed by atoms with van der Waals surface area (Å²) in [6, 6.07) is 19.1. The van der Waals surface area contributed by atoms with E-state index < -0.39 is 5.56 Å². The Labute approximate surface area is 171 Å². The number of nitrogens with zero attached hydrogens (tertiary/aromatic N) is 3. The minimum Gasteiger partial charge on any atom is -0.494 e. The molecule has 140 valence electrons. The summed E-state index contributed by atoms with van der Waals surface area (Å²) in [5, 5.41) is 20.2. The molecule has 1 N–H and O–H groups in total. The second-order valence-corrected chi connectivity index (χ2v) is 7.11. The molecule has 0 aliphatic rings. The van der Waals surface area contributed by atoms with Crippen molar-refractivity contribution in [1.29, 1.82) is 5.26 Å². The molecule has 1 aromatic heterocycles. The molecule has 0 amide bonds. The maximum Gasteiger partial charge on any atom is 0.271 e. The number of aromatic hydroxyl groups is 1. The molecule has 0 atom stereocenters. The van der Waals surface area contributed by atoms with Gasteiger partial charge in [-0.3, -0.25) is 14.4 Å². The van der Waals surface area contributed by atoms with Crippen molar-refractivity contribution < 1.29 is 5.11 Å². The number of hydrogen-bond acceptors (Lipinski definition) is 4. The standard InChI is InChI=1S/C22H18BrN3O2/c1-15-17(13-24)21(27)26(12-11-16-7-3-2-4-8-16)22(28)18(15)14-25-20-10-6-5-9-19(20)23/h2-10,14,28H,11-12H2,1H3. The molecule has 0 saturated heterocycles. The maximum atomic E-state index is 12.7. The molecule has 0 fully saturated rings. The van der Waals surface area contributed by atoms with Crippen molar-refractivity contribution in [3.8, 4) is 11.9 Å². The van der Waals surface area contributed by atoms with Crippen LogP contribution in [0.5, 0.6) is 5.88 Å². The van der Waals surface area contributed by atoms with E-state index >= 15 is 0 Å². The van der Waals surface area contributed by atoms with Crippen LogP contribution in [-0.4, -0.2) is 15.9 Å². The molecule has 1 heterocycles. The Balaban J connectivity index is 2.04. The van der Waals surface area contributed by atoms with Gasteiger partial charge in [-0.05, 0) is 52.5 Å². The molecule has 6 heteroatoms. The van der Waals surface area contributed by atoms with Crippen molar-refractivity contribution in [2.45, 2.75) is 19.9 Å². The fourth-order valence-corrected chi connectivity index (χ4v) is 3.30. The molecule has 0 spiro atoms. The van der Waals surface area contributed by atoms with E-state index in [1.807, 2.05) is 60.7 Å². The van der Waals surface area contributed by atoms with Crippen molar-refractivity contribution in [2.75, 3.05) is 0 Å². The van der Waals surface area contributed by atoms with Crippen LogP contribution in [0.4, 0.5) is 5.69 Å². The first-order chi connectivity index (χ1) is 13.5. The van der Waals surface area contributed by atoms with Crippen LogP contribution in [0.2, 0.25) is 0 Å². The number of benzene rings is 2. The number of para-hydroxylation sites is 1. The highest BCUT2D eigenvalue weighted by Crippen LogP contribution is 2.26. The van der Waals surface area contributed by atoms with Gasteiger partial charge >= 0.3 is 0 Å². The van der Waals surface area contributed by atoms with Gasteiger partial charge in [0.1, 0.15) is 11.6 Å². The van der Waals surface area contributed by atoms with E-state index in [0.29, 0.717) is 23.2 Å². The molecule has 0 aliphatic heterocycles. The third-order valence-electron chi connectivity index (χ3n) is 4.50. The highest BCUT2D eigenvalue weighted by atomic mass is 79.9. The third-order valence-corrected chi connectivity index (χ3v) is 5.17. The van der Waals surface area contributed by atoms with Gasteiger partial charge in [0, 0.05) is 17.2 Å². The predicted molar refractivity (Wildman–Crippen MR) is 113 cm³/mol. The molecule has 28 heavy (non-hydrogen) atoms. The average molecular weight is 436 g/mol. The number of pyridine rings is 1. The van der Waals surface area contributed by atoms with Gasteiger partial charge in [-0.2, -0.15) is 5.26 Å². The van der Waals surface area contributed by atoms with Crippen molar-refractivity contribution in [1.82, 2.24) is 4.57 Å². The lowest BCUT2D eigenvalue weighted by Gasteiger charge is -2.14. The van der Waals surface area contributed by atoms with Crippen LogP contribution in [0.1, 0.15) is 22.3 Å². The van der Waals surface area contributed by atoms with E-state index in [-0.39, 0.29) is 18.0 Å². The zero-order valence-corrected chi connectivity index (χ0v) is 16.8. The van der Waals surface area contributed by atoms with Crippen LogP contribution in [-0.2, 0) is 13.0 Å². The smallest absolute Gasteiger partial charge is 0.271 e. The van der Waals surface area contributed by atoms with Crippen molar-refractivity contribution >= 4 is 27.8 Å². The SMILES string of the molecule is Cc1c(C=Nc2ccccc2Br)c(O)n(CCc2ccccc2)c(=O)c1C#N. The Kier molecular flexibility index (Phi) is 6.07.